The van der Waals surface area contributed by atoms with Crippen LogP contribution >= 0.6 is 11.6 Å². The summed E-state index contributed by atoms with van der Waals surface area (Å²) in [5, 5.41) is 5.32. The van der Waals surface area contributed by atoms with Gasteiger partial charge in [-0.25, -0.2) is 17.5 Å². The van der Waals surface area contributed by atoms with E-state index in [1.165, 1.54) is 23.5 Å². The van der Waals surface area contributed by atoms with Crippen LogP contribution < -0.4 is 4.31 Å². The third kappa shape index (κ3) is 2.74. The highest BCUT2D eigenvalue weighted by molar-refractivity contribution is 7.93. The fourth-order valence-electron chi connectivity index (χ4n) is 3.68. The SMILES string of the molecule is CN1c2c(-c3ccc(Cl)cc3)nn(-c3ccc(F)cc3)c2-c2ccccc2S1(=O)=O. The van der Waals surface area contributed by atoms with Crippen molar-refractivity contribution in [3.05, 3.63) is 83.6 Å². The molecule has 4 aromatic rings. The molecular formula is C22H15ClFN3O2S. The molecule has 150 valence electrons. The summed E-state index contributed by atoms with van der Waals surface area (Å²) in [6.07, 6.45) is 0. The molecular weight excluding hydrogens is 425 g/mol. The van der Waals surface area contributed by atoms with Gasteiger partial charge in [-0.05, 0) is 42.5 Å². The molecule has 0 atom stereocenters. The van der Waals surface area contributed by atoms with Crippen LogP contribution in [0.15, 0.2) is 77.7 Å². The Balaban J connectivity index is 1.89. The molecule has 0 amide bonds. The smallest absolute Gasteiger partial charge is 0.264 e. The second-order valence-electron chi connectivity index (χ2n) is 6.91. The summed E-state index contributed by atoms with van der Waals surface area (Å²) in [6, 6.07) is 19.8. The van der Waals surface area contributed by atoms with Gasteiger partial charge in [0.2, 0.25) is 0 Å². The van der Waals surface area contributed by atoms with E-state index in [4.69, 9.17) is 16.7 Å². The third-order valence-electron chi connectivity index (χ3n) is 5.14. The van der Waals surface area contributed by atoms with E-state index in [2.05, 4.69) is 0 Å². The van der Waals surface area contributed by atoms with Gasteiger partial charge in [0, 0.05) is 23.2 Å². The van der Waals surface area contributed by atoms with Gasteiger partial charge >= 0.3 is 0 Å². The number of rotatable bonds is 2. The molecule has 0 bridgehead atoms. The molecule has 0 fully saturated rings. The number of anilines is 1. The molecule has 5 nitrogen and oxygen atoms in total. The van der Waals surface area contributed by atoms with Gasteiger partial charge in [0.25, 0.3) is 10.0 Å². The molecule has 1 aromatic heterocycles. The predicted molar refractivity (Wildman–Crippen MR) is 115 cm³/mol. The van der Waals surface area contributed by atoms with E-state index in [1.807, 2.05) is 0 Å². The summed E-state index contributed by atoms with van der Waals surface area (Å²) in [6.45, 7) is 0. The van der Waals surface area contributed by atoms with E-state index in [9.17, 15) is 12.8 Å². The Morgan fingerprint density at radius 3 is 2.30 bits per heavy atom. The average molecular weight is 440 g/mol. The minimum absolute atomic E-state index is 0.200. The zero-order valence-corrected chi connectivity index (χ0v) is 17.3. The first-order valence-corrected chi connectivity index (χ1v) is 10.9. The van der Waals surface area contributed by atoms with Gasteiger partial charge in [0.1, 0.15) is 22.9 Å². The van der Waals surface area contributed by atoms with Crippen molar-refractivity contribution in [2.45, 2.75) is 4.90 Å². The van der Waals surface area contributed by atoms with Crippen molar-refractivity contribution >= 4 is 27.3 Å². The lowest BCUT2D eigenvalue weighted by Gasteiger charge is -2.27. The van der Waals surface area contributed by atoms with Crippen LogP contribution in [0.4, 0.5) is 10.1 Å². The van der Waals surface area contributed by atoms with E-state index in [1.54, 1.807) is 65.3 Å². The van der Waals surface area contributed by atoms with E-state index in [0.29, 0.717) is 33.3 Å². The fourth-order valence-corrected chi connectivity index (χ4v) is 5.20. The summed E-state index contributed by atoms with van der Waals surface area (Å²) in [7, 11) is -2.24. The van der Waals surface area contributed by atoms with Gasteiger partial charge in [-0.1, -0.05) is 41.9 Å². The van der Waals surface area contributed by atoms with Crippen LogP contribution in [-0.4, -0.2) is 25.2 Å². The molecule has 2 heterocycles. The summed E-state index contributed by atoms with van der Waals surface area (Å²) in [5.74, 6) is -0.363. The maximum absolute atomic E-state index is 13.5. The van der Waals surface area contributed by atoms with Crippen LogP contribution in [0.3, 0.4) is 0 Å². The molecule has 8 heteroatoms. The van der Waals surface area contributed by atoms with Gasteiger partial charge in [-0.2, -0.15) is 5.10 Å². The van der Waals surface area contributed by atoms with Crippen LogP contribution in [0.1, 0.15) is 0 Å². The Labute approximate surface area is 178 Å². The summed E-state index contributed by atoms with van der Waals surface area (Å²) in [5.41, 5.74) is 3.46. The number of halogens is 2. The van der Waals surface area contributed by atoms with E-state index in [-0.39, 0.29) is 10.7 Å². The molecule has 1 aliphatic rings. The first-order valence-electron chi connectivity index (χ1n) is 9.11. The van der Waals surface area contributed by atoms with Crippen LogP contribution in [0.5, 0.6) is 0 Å². The Morgan fingerprint density at radius 2 is 1.60 bits per heavy atom. The van der Waals surface area contributed by atoms with Crippen molar-refractivity contribution in [1.82, 2.24) is 9.78 Å². The highest BCUT2D eigenvalue weighted by Crippen LogP contribution is 2.48. The number of aromatic nitrogens is 2. The van der Waals surface area contributed by atoms with Crippen LogP contribution in [0.2, 0.25) is 5.02 Å². The largest absolute Gasteiger partial charge is 0.265 e. The van der Waals surface area contributed by atoms with Crippen LogP contribution in [0.25, 0.3) is 28.2 Å². The molecule has 5 rings (SSSR count). The number of fused-ring (bicyclic) bond motifs is 3. The van der Waals surface area contributed by atoms with Crippen LogP contribution in [-0.2, 0) is 10.0 Å². The number of benzene rings is 3. The molecule has 0 N–H and O–H groups in total. The summed E-state index contributed by atoms with van der Waals surface area (Å²) in [4.78, 5) is 0.200. The Morgan fingerprint density at radius 1 is 0.933 bits per heavy atom. The Hall–Kier alpha value is -3.16. The second-order valence-corrected chi connectivity index (χ2v) is 9.28. The van der Waals surface area contributed by atoms with Crippen molar-refractivity contribution in [1.29, 1.82) is 0 Å². The van der Waals surface area contributed by atoms with Gasteiger partial charge < -0.3 is 0 Å². The maximum atomic E-state index is 13.5. The van der Waals surface area contributed by atoms with E-state index in [0.717, 1.165) is 5.56 Å². The third-order valence-corrected chi connectivity index (χ3v) is 7.21. The quantitative estimate of drug-likeness (QED) is 0.434. The van der Waals surface area contributed by atoms with Gasteiger partial charge in [0.05, 0.1) is 10.6 Å². The Kier molecular flexibility index (Phi) is 4.20. The summed E-state index contributed by atoms with van der Waals surface area (Å²) < 4.78 is 42.9. The van der Waals surface area contributed by atoms with E-state index >= 15 is 0 Å². The number of sulfonamides is 1. The van der Waals surface area contributed by atoms with Crippen LogP contribution in [0, 0.1) is 5.82 Å². The first kappa shape index (κ1) is 18.8. The zero-order valence-electron chi connectivity index (χ0n) is 15.8. The second kappa shape index (κ2) is 6.68. The van der Waals surface area contributed by atoms with Crippen molar-refractivity contribution in [2.24, 2.45) is 0 Å². The van der Waals surface area contributed by atoms with Gasteiger partial charge in [-0.3, -0.25) is 4.31 Å². The summed E-state index contributed by atoms with van der Waals surface area (Å²) >= 11 is 6.03. The molecule has 0 saturated heterocycles. The molecule has 30 heavy (non-hydrogen) atoms. The van der Waals surface area contributed by atoms with E-state index < -0.39 is 10.0 Å². The number of nitrogens with zero attached hydrogens (tertiary/aromatic N) is 3. The molecule has 0 radical (unpaired) electrons. The van der Waals surface area contributed by atoms with Gasteiger partial charge in [0.15, 0.2) is 0 Å². The lowest BCUT2D eigenvalue weighted by atomic mass is 10.1. The molecule has 0 saturated carbocycles. The zero-order chi connectivity index (χ0) is 21.0. The lowest BCUT2D eigenvalue weighted by Crippen LogP contribution is -2.30. The normalized spacial score (nSPS) is 14.3. The number of hydrogen-bond donors (Lipinski definition) is 0. The molecule has 0 spiro atoms. The minimum Gasteiger partial charge on any atom is -0.265 e. The molecule has 0 unspecified atom stereocenters. The molecule has 3 aromatic carbocycles. The Bertz CT molecular complexity index is 1380. The fraction of sp³-hybridized carbons (Fsp3) is 0.0455. The van der Waals surface area contributed by atoms with Crippen molar-refractivity contribution in [3.8, 4) is 28.2 Å². The van der Waals surface area contributed by atoms with Gasteiger partial charge in [-0.15, -0.1) is 0 Å². The molecule has 0 aliphatic carbocycles. The highest BCUT2D eigenvalue weighted by Gasteiger charge is 2.38. The average Bonchev–Trinajstić information content (AvgIpc) is 3.14. The lowest BCUT2D eigenvalue weighted by molar-refractivity contribution is 0.594. The molecule has 1 aliphatic heterocycles. The minimum atomic E-state index is -3.75. The topological polar surface area (TPSA) is 55.2 Å². The van der Waals surface area contributed by atoms with Crippen molar-refractivity contribution in [3.63, 3.8) is 0 Å². The highest BCUT2D eigenvalue weighted by atomic mass is 35.5. The van der Waals surface area contributed by atoms with Crippen molar-refractivity contribution in [2.75, 3.05) is 11.4 Å². The predicted octanol–water partition coefficient (Wildman–Crippen LogP) is 5.14. The maximum Gasteiger partial charge on any atom is 0.264 e. The van der Waals surface area contributed by atoms with Crippen molar-refractivity contribution < 1.29 is 12.8 Å². The number of hydrogen-bond acceptors (Lipinski definition) is 3. The first-order chi connectivity index (χ1) is 14.4. The monoisotopic (exact) mass is 439 g/mol. The standard InChI is InChI=1S/C22H15ClFN3O2S/c1-26-22-20(14-6-8-15(23)9-7-14)25-27(17-12-10-16(24)11-13-17)21(22)18-4-2-3-5-19(18)30(26,28)29/h2-13H,1H3.